The predicted molar refractivity (Wildman–Crippen MR) is 85.0 cm³/mol. The Hall–Kier alpha value is -3.34. The fourth-order valence-electron chi connectivity index (χ4n) is 2.45. The summed E-state index contributed by atoms with van der Waals surface area (Å²) in [5.41, 5.74) is 18.0. The number of hydrogen-bond donors (Lipinski definition) is 2. The molecule has 0 saturated carbocycles. The molecule has 0 saturated heterocycles. The van der Waals surface area contributed by atoms with Gasteiger partial charge in [0, 0.05) is 28.3 Å². The summed E-state index contributed by atoms with van der Waals surface area (Å²) in [7, 11) is 0. The largest absolute Gasteiger partial charge is 0.508 e. The quantitative estimate of drug-likeness (QED) is 0.473. The maximum Gasteiger partial charge on any atom is 0.115 e. The Balaban J connectivity index is 2.66. The lowest BCUT2D eigenvalue weighted by molar-refractivity contribution is 0.471. The zero-order chi connectivity index (χ0) is 16.7. The molecular weight excluding hydrogens is 296 g/mol. The van der Waals surface area contributed by atoms with Crippen LogP contribution in [0.2, 0.25) is 0 Å². The molecule has 8 heteroatoms. The molecular formula is C15H14N6O2. The van der Waals surface area contributed by atoms with Crippen molar-refractivity contribution in [2.45, 2.75) is 5.41 Å². The molecule has 0 aliphatic carbocycles. The van der Waals surface area contributed by atoms with Gasteiger partial charge in [-0.3, -0.25) is 0 Å². The third-order valence-electron chi connectivity index (χ3n) is 3.65. The van der Waals surface area contributed by atoms with E-state index in [9.17, 15) is 10.2 Å². The lowest BCUT2D eigenvalue weighted by atomic mass is 9.74. The van der Waals surface area contributed by atoms with Gasteiger partial charge in [-0.2, -0.15) is 0 Å². The van der Waals surface area contributed by atoms with E-state index in [1.54, 1.807) is 24.3 Å². The Kier molecular flexibility index (Phi) is 4.94. The van der Waals surface area contributed by atoms with Gasteiger partial charge in [-0.15, -0.1) is 0 Å². The molecule has 2 N–H and O–H groups in total. The van der Waals surface area contributed by atoms with Crippen molar-refractivity contribution in [3.63, 3.8) is 0 Å². The summed E-state index contributed by atoms with van der Waals surface area (Å²) in [4.78, 5) is 5.61. The molecule has 0 atom stereocenters. The zero-order valence-electron chi connectivity index (χ0n) is 12.1. The number of rotatable bonds is 6. The van der Waals surface area contributed by atoms with E-state index in [0.29, 0.717) is 0 Å². The first-order valence-electron chi connectivity index (χ1n) is 6.73. The monoisotopic (exact) mass is 310 g/mol. The lowest BCUT2D eigenvalue weighted by Gasteiger charge is -2.32. The number of phenolic OH excluding ortho intramolecular Hbond substituents is 2. The van der Waals surface area contributed by atoms with Crippen LogP contribution in [-0.2, 0) is 5.41 Å². The Labute approximate surface area is 131 Å². The van der Waals surface area contributed by atoms with Crippen molar-refractivity contribution in [2.24, 2.45) is 10.2 Å². The fourth-order valence-corrected chi connectivity index (χ4v) is 2.45. The van der Waals surface area contributed by atoms with E-state index in [1.807, 2.05) is 0 Å². The van der Waals surface area contributed by atoms with Gasteiger partial charge in [0.25, 0.3) is 0 Å². The SMILES string of the molecule is [N-]=[N+]=NCC(CN=[N+]=[N-])(c1ccc(O)cc1)c1ccc(O)cc1. The average Bonchev–Trinajstić information content (AvgIpc) is 2.57. The summed E-state index contributed by atoms with van der Waals surface area (Å²) in [6, 6.07) is 12.8. The minimum absolute atomic E-state index is 0.0259. The first kappa shape index (κ1) is 16.0. The van der Waals surface area contributed by atoms with Crippen molar-refractivity contribution in [1.29, 1.82) is 0 Å². The molecule has 0 heterocycles. The number of hydrogen-bond acceptors (Lipinski definition) is 4. The molecule has 0 unspecified atom stereocenters. The first-order chi connectivity index (χ1) is 11.1. The van der Waals surface area contributed by atoms with E-state index in [0.717, 1.165) is 11.1 Å². The molecule has 0 amide bonds. The van der Waals surface area contributed by atoms with Crippen LogP contribution < -0.4 is 0 Å². The van der Waals surface area contributed by atoms with Gasteiger partial charge >= 0.3 is 0 Å². The predicted octanol–water partition coefficient (Wildman–Crippen LogP) is 4.00. The van der Waals surface area contributed by atoms with Crippen LogP contribution in [0.4, 0.5) is 0 Å². The molecule has 0 fully saturated rings. The Morgan fingerprint density at radius 2 is 1.09 bits per heavy atom. The smallest absolute Gasteiger partial charge is 0.115 e. The van der Waals surface area contributed by atoms with Crippen LogP contribution in [0.5, 0.6) is 11.5 Å². The van der Waals surface area contributed by atoms with Gasteiger partial charge in [0.05, 0.1) is 0 Å². The number of nitrogens with zero attached hydrogens (tertiary/aromatic N) is 6. The molecule has 0 bridgehead atoms. The molecule has 2 aromatic rings. The Morgan fingerprint density at radius 1 is 0.739 bits per heavy atom. The van der Waals surface area contributed by atoms with E-state index >= 15 is 0 Å². The van der Waals surface area contributed by atoms with Crippen LogP contribution >= 0.6 is 0 Å². The maximum atomic E-state index is 9.48. The highest BCUT2D eigenvalue weighted by Crippen LogP contribution is 2.35. The van der Waals surface area contributed by atoms with Gasteiger partial charge < -0.3 is 10.2 Å². The molecule has 0 aliphatic rings. The summed E-state index contributed by atoms with van der Waals surface area (Å²) >= 11 is 0. The van der Waals surface area contributed by atoms with E-state index in [1.165, 1.54) is 24.3 Å². The maximum absolute atomic E-state index is 9.48. The molecule has 0 aromatic heterocycles. The van der Waals surface area contributed by atoms with Gasteiger partial charge in [0.15, 0.2) is 0 Å². The summed E-state index contributed by atoms with van der Waals surface area (Å²) in [6.07, 6.45) is 0. The highest BCUT2D eigenvalue weighted by molar-refractivity contribution is 5.44. The average molecular weight is 310 g/mol. The van der Waals surface area contributed by atoms with Crippen molar-refractivity contribution in [1.82, 2.24) is 0 Å². The molecule has 0 radical (unpaired) electrons. The highest BCUT2D eigenvalue weighted by Gasteiger charge is 2.33. The van der Waals surface area contributed by atoms with Crippen LogP contribution in [-0.4, -0.2) is 23.3 Å². The third kappa shape index (κ3) is 3.47. The van der Waals surface area contributed by atoms with Crippen LogP contribution in [0.3, 0.4) is 0 Å². The highest BCUT2D eigenvalue weighted by atomic mass is 16.3. The van der Waals surface area contributed by atoms with Crippen LogP contribution in [0.1, 0.15) is 11.1 Å². The molecule has 0 spiro atoms. The number of aromatic hydroxyl groups is 2. The van der Waals surface area contributed by atoms with E-state index in [-0.39, 0.29) is 24.6 Å². The molecule has 2 rings (SSSR count). The molecule has 116 valence electrons. The first-order valence-corrected chi connectivity index (χ1v) is 6.73. The van der Waals surface area contributed by atoms with Crippen LogP contribution in [0.15, 0.2) is 58.8 Å². The van der Waals surface area contributed by atoms with Crippen molar-refractivity contribution in [3.05, 3.63) is 80.5 Å². The van der Waals surface area contributed by atoms with Gasteiger partial charge in [0.1, 0.15) is 11.5 Å². The second-order valence-corrected chi connectivity index (χ2v) is 4.95. The lowest BCUT2D eigenvalue weighted by Crippen LogP contribution is -2.34. The molecule has 23 heavy (non-hydrogen) atoms. The fraction of sp³-hybridized carbons (Fsp3) is 0.200. The number of phenols is 2. The number of azide groups is 2. The zero-order valence-corrected chi connectivity index (χ0v) is 12.1. The molecule has 8 nitrogen and oxygen atoms in total. The minimum atomic E-state index is -0.889. The van der Waals surface area contributed by atoms with Gasteiger partial charge in [0.2, 0.25) is 0 Å². The number of benzene rings is 2. The minimum Gasteiger partial charge on any atom is -0.508 e. The summed E-state index contributed by atoms with van der Waals surface area (Å²) < 4.78 is 0. The van der Waals surface area contributed by atoms with Crippen LogP contribution in [0, 0.1) is 0 Å². The Bertz CT molecular complexity index is 692. The van der Waals surface area contributed by atoms with Crippen molar-refractivity contribution >= 4 is 0 Å². The van der Waals surface area contributed by atoms with E-state index in [2.05, 4.69) is 20.1 Å². The van der Waals surface area contributed by atoms with E-state index in [4.69, 9.17) is 11.1 Å². The van der Waals surface area contributed by atoms with Gasteiger partial charge in [-0.25, -0.2) is 0 Å². The molecule has 2 aromatic carbocycles. The van der Waals surface area contributed by atoms with Crippen molar-refractivity contribution < 1.29 is 10.2 Å². The van der Waals surface area contributed by atoms with Crippen LogP contribution in [0.25, 0.3) is 20.9 Å². The second-order valence-electron chi connectivity index (χ2n) is 4.95. The Morgan fingerprint density at radius 3 is 1.39 bits per heavy atom. The second kappa shape index (κ2) is 7.09. The third-order valence-corrected chi connectivity index (χ3v) is 3.65. The summed E-state index contributed by atoms with van der Waals surface area (Å²) in [5.74, 6) is 0.196. The summed E-state index contributed by atoms with van der Waals surface area (Å²) in [6.45, 7) is 0.0517. The molecule has 0 aliphatic heterocycles. The van der Waals surface area contributed by atoms with E-state index < -0.39 is 5.41 Å². The normalized spacial score (nSPS) is 10.4. The van der Waals surface area contributed by atoms with Crippen molar-refractivity contribution in [3.8, 4) is 11.5 Å². The standard InChI is InChI=1S/C15H14N6O2/c16-20-18-9-15(10-19-21-17,11-1-5-13(22)6-2-11)12-3-7-14(23)8-4-12/h1-8,22-23H,9-10H2. The summed E-state index contributed by atoms with van der Waals surface area (Å²) in [5, 5.41) is 26.3. The van der Waals surface area contributed by atoms with Gasteiger partial charge in [-0.05, 0) is 46.5 Å². The topological polar surface area (TPSA) is 138 Å². The van der Waals surface area contributed by atoms with Gasteiger partial charge in [-0.1, -0.05) is 34.5 Å². The van der Waals surface area contributed by atoms with Crippen molar-refractivity contribution in [2.75, 3.05) is 13.1 Å².